The average Bonchev–Trinajstić information content (AvgIpc) is 0.811. The fourth-order valence-electron chi connectivity index (χ4n) is 0. The molecule has 0 aromatic heterocycles. The summed E-state index contributed by atoms with van der Waals surface area (Å²) in [4.78, 5) is 0. The first-order valence-corrected chi connectivity index (χ1v) is 4.68. The summed E-state index contributed by atoms with van der Waals surface area (Å²) in [5.41, 5.74) is 0. The van der Waals surface area contributed by atoms with Crippen LogP contribution in [-0.4, -0.2) is 0 Å². The van der Waals surface area contributed by atoms with Gasteiger partial charge in [0.1, 0.15) is 0 Å². The molecule has 0 heterocycles. The van der Waals surface area contributed by atoms with Crippen LogP contribution in [0.4, 0.5) is 0 Å². The number of rotatable bonds is 0. The third-order valence-electron chi connectivity index (χ3n) is 0. The van der Waals surface area contributed by atoms with E-state index in [0.717, 1.165) is 0 Å². The Morgan fingerprint density at radius 1 is 1.00 bits per heavy atom. The zero-order chi connectivity index (χ0) is 3.58. The molecule has 0 aliphatic carbocycles. The Hall–Kier alpha value is 2.30. The molecule has 0 aliphatic rings. The molecule has 0 aromatic rings. The summed E-state index contributed by atoms with van der Waals surface area (Å²) in [6, 6.07) is 0. The summed E-state index contributed by atoms with van der Waals surface area (Å²) in [6.07, 6.45) is 0. The van der Waals surface area contributed by atoms with Crippen LogP contribution in [0, 0.1) is 0 Å². The molecular formula is CdCl3Co. The minimum atomic E-state index is -1.19. The van der Waals surface area contributed by atoms with Crippen LogP contribution < -0.4 is 0 Å². The van der Waals surface area contributed by atoms with Gasteiger partial charge in [0.2, 0.25) is 0 Å². The van der Waals surface area contributed by atoms with Crippen molar-refractivity contribution in [2.45, 2.75) is 0 Å². The number of halogens is 3. The van der Waals surface area contributed by atoms with E-state index in [-0.39, 0.29) is 27.3 Å². The van der Waals surface area contributed by atoms with Gasteiger partial charge in [0.05, 0.1) is 0 Å². The minimum absolute atomic E-state index is 0. The fraction of sp³-hybridized carbons (Fsp3) is 0. The molecule has 0 nitrogen and oxygen atoms in total. The third-order valence-corrected chi connectivity index (χ3v) is 0. The Morgan fingerprint density at radius 3 is 1.00 bits per heavy atom. The molecule has 0 aliphatic heterocycles. The molecule has 0 bridgehead atoms. The van der Waals surface area contributed by atoms with Gasteiger partial charge < -0.3 is 0 Å². The van der Waals surface area contributed by atoms with Crippen molar-refractivity contribution in [3.05, 3.63) is 0 Å². The van der Waals surface area contributed by atoms with Crippen molar-refractivity contribution in [2.75, 3.05) is 0 Å². The van der Waals surface area contributed by atoms with Crippen molar-refractivity contribution in [3.63, 3.8) is 0 Å². The van der Waals surface area contributed by atoms with E-state index in [1.54, 1.807) is 0 Å². The first kappa shape index (κ1) is 10.3. The Balaban J connectivity index is 0. The molecule has 0 amide bonds. The zero-order valence-corrected chi connectivity index (χ0v) is 9.52. The molecule has 0 N–H and O–H groups in total. The maximum absolute atomic E-state index is 4.87. The van der Waals surface area contributed by atoms with Gasteiger partial charge in [-0.3, -0.25) is 0 Å². The van der Waals surface area contributed by atoms with E-state index >= 15 is 0 Å². The van der Waals surface area contributed by atoms with Crippen molar-refractivity contribution >= 4 is 30.4 Å². The molecule has 0 unspecified atom stereocenters. The van der Waals surface area contributed by atoms with Gasteiger partial charge in [-0.15, -0.1) is 0 Å². The van der Waals surface area contributed by atoms with Crippen LogP contribution in [0.1, 0.15) is 0 Å². The Bertz CT molecular complexity index is 11.6. The van der Waals surface area contributed by atoms with Gasteiger partial charge >= 0.3 is 41.4 Å². The van der Waals surface area contributed by atoms with E-state index in [0.29, 0.717) is 0 Å². The SMILES string of the molecule is [Cd].[Cl][Co]([Cl])[Cl]. The first-order chi connectivity index (χ1) is 1.73. The molecule has 5 heavy (non-hydrogen) atoms. The molecular weight excluding hydrogens is 278 g/mol. The summed E-state index contributed by atoms with van der Waals surface area (Å²) in [7, 11) is 13.4. The molecule has 0 atom stereocenters. The van der Waals surface area contributed by atoms with Crippen LogP contribution >= 0.6 is 30.4 Å². The van der Waals surface area contributed by atoms with Gasteiger partial charge in [-0.05, 0) is 0 Å². The monoisotopic (exact) mass is 278 g/mol. The van der Waals surface area contributed by atoms with Crippen molar-refractivity contribution in [2.24, 2.45) is 0 Å². The predicted octanol–water partition coefficient (Wildman–Crippen LogP) is 2.06. The summed E-state index contributed by atoms with van der Waals surface area (Å²) in [5, 5.41) is 0. The van der Waals surface area contributed by atoms with Gasteiger partial charge in [0, 0.05) is 27.3 Å². The molecule has 0 aromatic carbocycles. The predicted molar refractivity (Wildman–Crippen MR) is 17.6 cm³/mol. The summed E-state index contributed by atoms with van der Waals surface area (Å²) >= 11 is 0. The number of hydrogen-bond acceptors (Lipinski definition) is 0. The van der Waals surface area contributed by atoms with Crippen LogP contribution in [0.3, 0.4) is 0 Å². The van der Waals surface area contributed by atoms with E-state index in [1.807, 2.05) is 0 Å². The molecule has 0 fully saturated rings. The van der Waals surface area contributed by atoms with Crippen LogP contribution in [0.25, 0.3) is 0 Å². The average molecular weight is 278 g/mol. The van der Waals surface area contributed by atoms with Crippen LogP contribution in [-0.2, 0) is 38.2 Å². The molecule has 0 saturated heterocycles. The molecule has 0 spiro atoms. The quantitative estimate of drug-likeness (QED) is 0.595. The summed E-state index contributed by atoms with van der Waals surface area (Å²) < 4.78 is 0. The molecule has 0 radical (unpaired) electrons. The topological polar surface area (TPSA) is 0 Å². The van der Waals surface area contributed by atoms with E-state index in [4.69, 9.17) is 30.4 Å². The third kappa shape index (κ3) is 22.0. The van der Waals surface area contributed by atoms with Crippen molar-refractivity contribution in [3.8, 4) is 0 Å². The van der Waals surface area contributed by atoms with Gasteiger partial charge in [-0.1, -0.05) is 0 Å². The Morgan fingerprint density at radius 2 is 1.00 bits per heavy atom. The second kappa shape index (κ2) is 6.30. The van der Waals surface area contributed by atoms with Gasteiger partial charge in [0.15, 0.2) is 0 Å². The summed E-state index contributed by atoms with van der Waals surface area (Å²) in [6.45, 7) is 0. The zero-order valence-electron chi connectivity index (χ0n) is 2.17. The molecule has 32 valence electrons. The molecule has 5 heteroatoms. The first-order valence-electron chi connectivity index (χ1n) is 0.378. The van der Waals surface area contributed by atoms with Gasteiger partial charge in [-0.25, -0.2) is 0 Å². The standard InChI is InChI=1S/Cd.3ClH.Co/h;3*1H;/q;;;;+3/p-3. The Labute approximate surface area is 67.8 Å². The second-order valence-electron chi connectivity index (χ2n) is 0.143. The second-order valence-corrected chi connectivity index (χ2v) is 5.30. The van der Waals surface area contributed by atoms with Crippen molar-refractivity contribution < 1.29 is 38.2 Å². The molecule has 0 rings (SSSR count). The number of hydrogen-bond donors (Lipinski definition) is 0. The maximum atomic E-state index is 4.87. The Kier molecular flexibility index (Phi) is 13.0. The van der Waals surface area contributed by atoms with E-state index < -0.39 is 10.9 Å². The van der Waals surface area contributed by atoms with Gasteiger partial charge in [0.25, 0.3) is 0 Å². The van der Waals surface area contributed by atoms with Gasteiger partial charge in [-0.2, -0.15) is 0 Å². The van der Waals surface area contributed by atoms with Crippen LogP contribution in [0.15, 0.2) is 0 Å². The van der Waals surface area contributed by atoms with E-state index in [9.17, 15) is 0 Å². The molecule has 0 saturated carbocycles. The van der Waals surface area contributed by atoms with Crippen molar-refractivity contribution in [1.29, 1.82) is 0 Å². The van der Waals surface area contributed by atoms with E-state index in [2.05, 4.69) is 0 Å². The summed E-state index contributed by atoms with van der Waals surface area (Å²) in [5.74, 6) is 0. The van der Waals surface area contributed by atoms with Crippen molar-refractivity contribution in [1.82, 2.24) is 0 Å². The van der Waals surface area contributed by atoms with Crippen LogP contribution in [0.2, 0.25) is 0 Å². The van der Waals surface area contributed by atoms with E-state index in [1.165, 1.54) is 0 Å². The van der Waals surface area contributed by atoms with Crippen LogP contribution in [0.5, 0.6) is 0 Å². The normalized spacial score (nSPS) is 9.00. The fourth-order valence-corrected chi connectivity index (χ4v) is 0.